The molecule has 132 valence electrons. The van der Waals surface area contributed by atoms with Crippen LogP contribution in [0, 0.1) is 11.6 Å². The molecule has 0 saturated heterocycles. The van der Waals surface area contributed by atoms with Gasteiger partial charge in [-0.25, -0.2) is 8.78 Å². The minimum absolute atomic E-state index is 0.0816. The lowest BCUT2D eigenvalue weighted by atomic mass is 9.96. The third-order valence-electron chi connectivity index (χ3n) is 4.23. The lowest BCUT2D eigenvalue weighted by molar-refractivity contribution is 0.610. The molecule has 2 heteroatoms. The molecule has 0 spiro atoms. The molecule has 2 rings (SSSR count). The maximum Gasteiger partial charge on any atom is 0.126 e. The highest BCUT2D eigenvalue weighted by molar-refractivity contribution is 5.30. The predicted octanol–water partition coefficient (Wildman–Crippen LogP) is 7.02. The van der Waals surface area contributed by atoms with Gasteiger partial charge in [-0.3, -0.25) is 0 Å². The highest BCUT2D eigenvalue weighted by Gasteiger charge is 2.06. The maximum absolute atomic E-state index is 13.0. The van der Waals surface area contributed by atoms with Crippen molar-refractivity contribution in [3.05, 3.63) is 70.3 Å². The highest BCUT2D eigenvalue weighted by atomic mass is 19.1. The molecular weight excluding hydrogens is 302 g/mol. The van der Waals surface area contributed by atoms with Crippen LogP contribution in [0.3, 0.4) is 0 Å². The van der Waals surface area contributed by atoms with Gasteiger partial charge in [0.15, 0.2) is 0 Å². The molecule has 0 aliphatic rings. The Morgan fingerprint density at radius 3 is 1.88 bits per heavy atom. The van der Waals surface area contributed by atoms with E-state index in [0.29, 0.717) is 11.8 Å². The normalized spacial score (nSPS) is 10.8. The second kappa shape index (κ2) is 9.56. The van der Waals surface area contributed by atoms with Crippen molar-refractivity contribution in [1.29, 1.82) is 0 Å². The van der Waals surface area contributed by atoms with E-state index in [0.717, 1.165) is 24.0 Å². The zero-order valence-corrected chi connectivity index (χ0v) is 15.8. The Morgan fingerprint density at radius 1 is 0.750 bits per heavy atom. The molecule has 0 unspecified atom stereocenters. The van der Waals surface area contributed by atoms with Gasteiger partial charge in [0.05, 0.1) is 0 Å². The quantitative estimate of drug-likeness (QED) is 0.564. The molecule has 2 aromatic rings. The van der Waals surface area contributed by atoms with E-state index in [1.54, 1.807) is 12.1 Å². The smallest absolute Gasteiger partial charge is 0.126 e. The minimum Gasteiger partial charge on any atom is -0.207 e. The van der Waals surface area contributed by atoms with Crippen LogP contribution >= 0.6 is 0 Å². The van der Waals surface area contributed by atoms with Gasteiger partial charge in [0.2, 0.25) is 0 Å². The summed E-state index contributed by atoms with van der Waals surface area (Å²) in [5.41, 5.74) is 4.43. The van der Waals surface area contributed by atoms with E-state index in [1.807, 2.05) is 25.1 Å². The van der Waals surface area contributed by atoms with E-state index in [1.165, 1.54) is 17.2 Å². The summed E-state index contributed by atoms with van der Waals surface area (Å²) < 4.78 is 25.9. The van der Waals surface area contributed by atoms with Crippen molar-refractivity contribution in [3.63, 3.8) is 0 Å². The van der Waals surface area contributed by atoms with E-state index >= 15 is 0 Å². The second-order valence-electron chi connectivity index (χ2n) is 6.71. The van der Waals surface area contributed by atoms with Crippen LogP contribution in [0.1, 0.15) is 75.6 Å². The van der Waals surface area contributed by atoms with Gasteiger partial charge in [-0.1, -0.05) is 59.7 Å². The van der Waals surface area contributed by atoms with Crippen LogP contribution < -0.4 is 0 Å². The van der Waals surface area contributed by atoms with Gasteiger partial charge >= 0.3 is 0 Å². The minimum atomic E-state index is -0.129. The Balaban J connectivity index is 0.000000240. The fourth-order valence-corrected chi connectivity index (χ4v) is 2.65. The van der Waals surface area contributed by atoms with Gasteiger partial charge in [0.1, 0.15) is 11.6 Å². The molecule has 0 heterocycles. The van der Waals surface area contributed by atoms with Crippen molar-refractivity contribution >= 4 is 0 Å². The predicted molar refractivity (Wildman–Crippen MR) is 99.7 cm³/mol. The molecule has 0 atom stereocenters. The summed E-state index contributed by atoms with van der Waals surface area (Å²) in [5, 5.41) is 0. The number of hydrogen-bond donors (Lipinski definition) is 0. The molecule has 0 nitrogen and oxygen atoms in total. The summed E-state index contributed by atoms with van der Waals surface area (Å²) in [6.07, 6.45) is 1.75. The lowest BCUT2D eigenvalue weighted by Crippen LogP contribution is -1.95. The topological polar surface area (TPSA) is 0 Å². The van der Waals surface area contributed by atoms with Gasteiger partial charge in [-0.2, -0.15) is 0 Å². The first-order valence-corrected chi connectivity index (χ1v) is 8.86. The van der Waals surface area contributed by atoms with Crippen LogP contribution in [0.5, 0.6) is 0 Å². The van der Waals surface area contributed by atoms with E-state index in [-0.39, 0.29) is 11.6 Å². The summed E-state index contributed by atoms with van der Waals surface area (Å²) in [6.45, 7) is 12.5. The zero-order valence-electron chi connectivity index (χ0n) is 15.8. The molecular formula is C22H30F2. The maximum atomic E-state index is 13.0. The van der Waals surface area contributed by atoms with Crippen molar-refractivity contribution in [2.75, 3.05) is 0 Å². The third-order valence-corrected chi connectivity index (χ3v) is 4.23. The summed E-state index contributed by atoms with van der Waals surface area (Å²) >= 11 is 0. The van der Waals surface area contributed by atoms with Crippen LogP contribution in [-0.2, 0) is 12.8 Å². The number of halogens is 2. The van der Waals surface area contributed by atoms with Gasteiger partial charge in [-0.15, -0.1) is 0 Å². The van der Waals surface area contributed by atoms with E-state index in [9.17, 15) is 8.78 Å². The van der Waals surface area contributed by atoms with Crippen molar-refractivity contribution in [3.8, 4) is 0 Å². The molecule has 0 aliphatic heterocycles. The molecule has 0 bridgehead atoms. The van der Waals surface area contributed by atoms with E-state index < -0.39 is 0 Å². The largest absolute Gasteiger partial charge is 0.207 e. The first kappa shape index (κ1) is 20.3. The molecule has 0 N–H and O–H groups in total. The van der Waals surface area contributed by atoms with Gasteiger partial charge < -0.3 is 0 Å². The SMILES string of the molecule is CCc1cc(C(C)C)ccc1F.CCc1ccc(F)cc1C(C)C. The molecule has 0 aliphatic carbocycles. The molecule has 0 fully saturated rings. The molecule has 2 aromatic carbocycles. The van der Waals surface area contributed by atoms with Crippen molar-refractivity contribution in [2.24, 2.45) is 0 Å². The van der Waals surface area contributed by atoms with Gasteiger partial charge in [0, 0.05) is 0 Å². The summed E-state index contributed by atoms with van der Waals surface area (Å²) in [6, 6.07) is 10.4. The van der Waals surface area contributed by atoms with Crippen molar-refractivity contribution < 1.29 is 8.78 Å². The number of rotatable bonds is 4. The first-order valence-electron chi connectivity index (χ1n) is 8.86. The van der Waals surface area contributed by atoms with Crippen LogP contribution in [0.4, 0.5) is 8.78 Å². The highest BCUT2D eigenvalue weighted by Crippen LogP contribution is 2.21. The number of hydrogen-bond acceptors (Lipinski definition) is 0. The zero-order chi connectivity index (χ0) is 18.3. The van der Waals surface area contributed by atoms with Gasteiger partial charge in [-0.05, 0) is 65.1 Å². The van der Waals surface area contributed by atoms with Crippen LogP contribution in [0.15, 0.2) is 36.4 Å². The molecule has 24 heavy (non-hydrogen) atoms. The summed E-state index contributed by atoms with van der Waals surface area (Å²) in [5.74, 6) is 0.685. The first-order chi connectivity index (χ1) is 11.3. The van der Waals surface area contributed by atoms with E-state index in [2.05, 4.69) is 34.6 Å². The number of benzene rings is 2. The van der Waals surface area contributed by atoms with Crippen molar-refractivity contribution in [1.82, 2.24) is 0 Å². The Kier molecular flexibility index (Phi) is 8.10. The Morgan fingerprint density at radius 2 is 1.38 bits per heavy atom. The van der Waals surface area contributed by atoms with Crippen LogP contribution in [-0.4, -0.2) is 0 Å². The van der Waals surface area contributed by atoms with E-state index in [4.69, 9.17) is 0 Å². The monoisotopic (exact) mass is 332 g/mol. The second-order valence-corrected chi connectivity index (χ2v) is 6.71. The molecule has 0 amide bonds. The fraction of sp³-hybridized carbons (Fsp3) is 0.455. The average Bonchev–Trinajstić information content (AvgIpc) is 2.55. The van der Waals surface area contributed by atoms with Gasteiger partial charge in [0.25, 0.3) is 0 Å². The number of aryl methyl sites for hydroxylation is 2. The summed E-state index contributed by atoms with van der Waals surface area (Å²) in [7, 11) is 0. The Bertz CT molecular complexity index is 642. The average molecular weight is 332 g/mol. The molecule has 0 saturated carbocycles. The molecule has 0 radical (unpaired) electrons. The third kappa shape index (κ3) is 5.74. The molecule has 0 aromatic heterocycles. The van der Waals surface area contributed by atoms with Crippen molar-refractivity contribution in [2.45, 2.75) is 66.2 Å². The summed E-state index contributed by atoms with van der Waals surface area (Å²) in [4.78, 5) is 0. The van der Waals surface area contributed by atoms with Crippen LogP contribution in [0.25, 0.3) is 0 Å². The fourth-order valence-electron chi connectivity index (χ4n) is 2.65. The lowest BCUT2D eigenvalue weighted by Gasteiger charge is -2.10. The Labute approximate surface area is 145 Å². The standard InChI is InChI=1S/2C11H15F/c1-4-9-7-10(8(2)3)5-6-11(9)12;1-4-9-5-6-10(12)7-11(9)8(2)3/h2*5-8H,4H2,1-3H3. The Hall–Kier alpha value is -1.70. The van der Waals surface area contributed by atoms with Crippen LogP contribution in [0.2, 0.25) is 0 Å².